The molecule has 0 aromatic carbocycles. The Hall–Kier alpha value is -1.36. The van der Waals surface area contributed by atoms with E-state index in [1.54, 1.807) is 13.8 Å². The lowest BCUT2D eigenvalue weighted by Crippen LogP contribution is -2.22. The second-order valence-electron chi connectivity index (χ2n) is 2.95. The molecule has 0 bridgehead atoms. The first-order valence-corrected chi connectivity index (χ1v) is 3.93. The summed E-state index contributed by atoms with van der Waals surface area (Å²) in [4.78, 5) is 17.3. The van der Waals surface area contributed by atoms with Crippen molar-refractivity contribution in [2.24, 2.45) is 0 Å². The van der Waals surface area contributed by atoms with Crippen LogP contribution in [-0.2, 0) is 11.2 Å². The Morgan fingerprint density at radius 2 is 2.23 bits per heavy atom. The molecule has 0 aliphatic carbocycles. The molecule has 0 radical (unpaired) electrons. The van der Waals surface area contributed by atoms with Gasteiger partial charge in [-0.25, -0.2) is 9.78 Å². The molecule has 0 saturated carbocycles. The van der Waals surface area contributed by atoms with Gasteiger partial charge in [0.2, 0.25) is 0 Å². The molecule has 5 heteroatoms. The monoisotopic (exact) mass is 184 g/mol. The van der Waals surface area contributed by atoms with E-state index in [1.165, 1.54) is 0 Å². The number of aryl methyl sites for hydroxylation is 2. The number of nitrogens with one attached hydrogen (secondary N) is 1. The molecule has 1 atom stereocenters. The number of H-pyrrole nitrogens is 1. The fourth-order valence-electron chi connectivity index (χ4n) is 1.13. The Morgan fingerprint density at radius 3 is 2.62 bits per heavy atom. The SMILES string of the molecule is Cc1nc(CC(O)C(=O)O)c(C)[nH]1. The minimum Gasteiger partial charge on any atom is -0.479 e. The first kappa shape index (κ1) is 9.73. The van der Waals surface area contributed by atoms with E-state index in [1.807, 2.05) is 0 Å². The molecule has 3 N–H and O–H groups in total. The van der Waals surface area contributed by atoms with Gasteiger partial charge in [-0.1, -0.05) is 0 Å². The van der Waals surface area contributed by atoms with Crippen molar-refractivity contribution in [3.05, 3.63) is 17.2 Å². The zero-order valence-electron chi connectivity index (χ0n) is 7.53. The van der Waals surface area contributed by atoms with Crippen molar-refractivity contribution in [1.29, 1.82) is 0 Å². The Bertz CT molecular complexity index is 319. The zero-order chi connectivity index (χ0) is 10.0. The second-order valence-corrected chi connectivity index (χ2v) is 2.95. The number of rotatable bonds is 3. The highest BCUT2D eigenvalue weighted by atomic mass is 16.4. The summed E-state index contributed by atoms with van der Waals surface area (Å²) in [6, 6.07) is 0. The van der Waals surface area contributed by atoms with E-state index in [0.29, 0.717) is 5.69 Å². The van der Waals surface area contributed by atoms with Gasteiger partial charge in [0, 0.05) is 12.1 Å². The number of aromatic nitrogens is 2. The predicted molar refractivity (Wildman–Crippen MR) is 45.4 cm³/mol. The normalized spacial score (nSPS) is 12.8. The van der Waals surface area contributed by atoms with Gasteiger partial charge in [0.1, 0.15) is 5.82 Å². The van der Waals surface area contributed by atoms with Crippen molar-refractivity contribution < 1.29 is 15.0 Å². The van der Waals surface area contributed by atoms with Gasteiger partial charge in [-0.15, -0.1) is 0 Å². The molecule has 1 aromatic rings. The summed E-state index contributed by atoms with van der Waals surface area (Å²) < 4.78 is 0. The Balaban J connectivity index is 2.74. The van der Waals surface area contributed by atoms with Crippen molar-refractivity contribution in [2.75, 3.05) is 0 Å². The van der Waals surface area contributed by atoms with Crippen molar-refractivity contribution in [3.8, 4) is 0 Å². The summed E-state index contributed by atoms with van der Waals surface area (Å²) in [5, 5.41) is 17.5. The molecule has 0 saturated heterocycles. The summed E-state index contributed by atoms with van der Waals surface area (Å²) in [7, 11) is 0. The first-order valence-electron chi connectivity index (χ1n) is 3.93. The number of carboxylic acids is 1. The van der Waals surface area contributed by atoms with Gasteiger partial charge in [-0.05, 0) is 13.8 Å². The number of aromatic amines is 1. The van der Waals surface area contributed by atoms with Gasteiger partial charge in [-0.3, -0.25) is 0 Å². The maximum absolute atomic E-state index is 10.3. The van der Waals surface area contributed by atoms with Crippen LogP contribution in [0.5, 0.6) is 0 Å². The lowest BCUT2D eigenvalue weighted by molar-refractivity contribution is -0.146. The molecule has 5 nitrogen and oxygen atoms in total. The van der Waals surface area contributed by atoms with Crippen molar-refractivity contribution in [2.45, 2.75) is 26.4 Å². The number of carboxylic acid groups (broad SMARTS) is 1. The van der Waals surface area contributed by atoms with E-state index < -0.39 is 12.1 Å². The molecule has 1 heterocycles. The van der Waals surface area contributed by atoms with E-state index in [0.717, 1.165) is 11.5 Å². The summed E-state index contributed by atoms with van der Waals surface area (Å²) in [5.74, 6) is -0.495. The van der Waals surface area contributed by atoms with Crippen LogP contribution in [0.15, 0.2) is 0 Å². The number of imidazole rings is 1. The fourth-order valence-corrected chi connectivity index (χ4v) is 1.13. The van der Waals surface area contributed by atoms with Gasteiger partial charge in [-0.2, -0.15) is 0 Å². The number of nitrogens with zero attached hydrogens (tertiary/aromatic N) is 1. The summed E-state index contributed by atoms with van der Waals surface area (Å²) in [6.45, 7) is 3.58. The molecule has 72 valence electrons. The van der Waals surface area contributed by atoms with Gasteiger partial charge in [0.05, 0.1) is 5.69 Å². The largest absolute Gasteiger partial charge is 0.479 e. The van der Waals surface area contributed by atoms with Crippen LogP contribution in [0.2, 0.25) is 0 Å². The number of aliphatic carboxylic acids is 1. The van der Waals surface area contributed by atoms with Crippen LogP contribution in [0.25, 0.3) is 0 Å². The van der Waals surface area contributed by atoms with Crippen molar-refractivity contribution in [3.63, 3.8) is 0 Å². The molecular weight excluding hydrogens is 172 g/mol. The molecular formula is C8H12N2O3. The highest BCUT2D eigenvalue weighted by Crippen LogP contribution is 2.07. The summed E-state index contributed by atoms with van der Waals surface area (Å²) in [5.41, 5.74) is 1.41. The highest BCUT2D eigenvalue weighted by Gasteiger charge is 2.16. The minimum atomic E-state index is -1.37. The molecule has 1 aromatic heterocycles. The average Bonchev–Trinajstić information content (AvgIpc) is 2.30. The number of hydrogen-bond donors (Lipinski definition) is 3. The van der Waals surface area contributed by atoms with E-state index in [-0.39, 0.29) is 6.42 Å². The van der Waals surface area contributed by atoms with E-state index in [4.69, 9.17) is 10.2 Å². The third-order valence-electron chi connectivity index (χ3n) is 1.78. The quantitative estimate of drug-likeness (QED) is 0.617. The van der Waals surface area contributed by atoms with Crippen LogP contribution in [0.1, 0.15) is 17.2 Å². The molecule has 13 heavy (non-hydrogen) atoms. The smallest absolute Gasteiger partial charge is 0.332 e. The molecule has 0 spiro atoms. The van der Waals surface area contributed by atoms with Gasteiger partial charge < -0.3 is 15.2 Å². The Kier molecular flexibility index (Phi) is 2.67. The van der Waals surface area contributed by atoms with Gasteiger partial charge in [0.25, 0.3) is 0 Å². The summed E-state index contributed by atoms with van der Waals surface area (Å²) in [6.07, 6.45) is -1.33. The van der Waals surface area contributed by atoms with Crippen LogP contribution >= 0.6 is 0 Å². The topological polar surface area (TPSA) is 86.2 Å². The van der Waals surface area contributed by atoms with Crippen LogP contribution < -0.4 is 0 Å². The van der Waals surface area contributed by atoms with Crippen LogP contribution in [0, 0.1) is 13.8 Å². The number of hydrogen-bond acceptors (Lipinski definition) is 3. The van der Waals surface area contributed by atoms with E-state index in [2.05, 4.69) is 9.97 Å². The zero-order valence-corrected chi connectivity index (χ0v) is 7.53. The van der Waals surface area contributed by atoms with Crippen molar-refractivity contribution in [1.82, 2.24) is 9.97 Å². The van der Waals surface area contributed by atoms with Crippen molar-refractivity contribution >= 4 is 5.97 Å². The van der Waals surface area contributed by atoms with E-state index >= 15 is 0 Å². The summed E-state index contributed by atoms with van der Waals surface area (Å²) >= 11 is 0. The average molecular weight is 184 g/mol. The molecule has 1 unspecified atom stereocenters. The number of carbonyl (C=O) groups is 1. The van der Waals surface area contributed by atoms with E-state index in [9.17, 15) is 4.79 Å². The minimum absolute atomic E-state index is 0.0471. The maximum atomic E-state index is 10.3. The lowest BCUT2D eigenvalue weighted by Gasteiger charge is -2.02. The molecule has 0 aliphatic heterocycles. The Morgan fingerprint density at radius 1 is 1.62 bits per heavy atom. The maximum Gasteiger partial charge on any atom is 0.332 e. The molecule has 0 amide bonds. The van der Waals surface area contributed by atoms with Crippen LogP contribution in [0.4, 0.5) is 0 Å². The Labute approximate surface area is 75.4 Å². The number of aliphatic hydroxyl groups excluding tert-OH is 1. The second kappa shape index (κ2) is 3.57. The molecule has 0 aliphatic rings. The number of aliphatic hydroxyl groups is 1. The third-order valence-corrected chi connectivity index (χ3v) is 1.78. The first-order chi connectivity index (χ1) is 6.00. The van der Waals surface area contributed by atoms with Crippen LogP contribution in [0.3, 0.4) is 0 Å². The molecule has 1 rings (SSSR count). The standard InChI is InChI=1S/C8H12N2O3/c1-4-6(10-5(2)9-4)3-7(11)8(12)13/h7,11H,3H2,1-2H3,(H,9,10)(H,12,13). The third kappa shape index (κ3) is 2.29. The van der Waals surface area contributed by atoms with Gasteiger partial charge in [0.15, 0.2) is 6.10 Å². The van der Waals surface area contributed by atoms with Crippen LogP contribution in [-0.4, -0.2) is 32.3 Å². The lowest BCUT2D eigenvalue weighted by atomic mass is 10.2. The predicted octanol–water partition coefficient (Wildman–Crippen LogP) is 0.0145. The van der Waals surface area contributed by atoms with Gasteiger partial charge >= 0.3 is 5.97 Å². The highest BCUT2D eigenvalue weighted by molar-refractivity contribution is 5.72. The fraction of sp³-hybridized carbons (Fsp3) is 0.500. The molecule has 0 fully saturated rings.